The van der Waals surface area contributed by atoms with E-state index in [0.29, 0.717) is 38.4 Å². The predicted molar refractivity (Wildman–Crippen MR) is 111 cm³/mol. The second-order valence-electron chi connectivity index (χ2n) is 6.76. The molecule has 2 aromatic rings. The molecular formula is C19H26F2N6S. The molecule has 1 aromatic carbocycles. The van der Waals surface area contributed by atoms with E-state index >= 15 is 0 Å². The maximum Gasteiger partial charge on any atom is 0.194 e. The smallest absolute Gasteiger partial charge is 0.194 e. The first-order valence-corrected chi connectivity index (χ1v) is 10.2. The van der Waals surface area contributed by atoms with Gasteiger partial charge >= 0.3 is 0 Å². The lowest BCUT2D eigenvalue weighted by molar-refractivity contribution is 0.370. The van der Waals surface area contributed by atoms with Crippen molar-refractivity contribution in [3.05, 3.63) is 40.9 Å². The second kappa shape index (κ2) is 9.18. The van der Waals surface area contributed by atoms with E-state index in [1.165, 1.54) is 12.1 Å². The van der Waals surface area contributed by atoms with E-state index in [2.05, 4.69) is 15.2 Å². The van der Waals surface area contributed by atoms with Gasteiger partial charge in [-0.2, -0.15) is 0 Å². The number of anilines is 2. The van der Waals surface area contributed by atoms with Gasteiger partial charge in [-0.1, -0.05) is 0 Å². The topological polar surface area (TPSA) is 47.0 Å². The van der Waals surface area contributed by atoms with Crippen LogP contribution in [0.25, 0.3) is 0 Å². The standard InChI is InChI=1S/C19H26F2N6S/c1-4-22-18(23-12-15-13-28-19(24-15)25(2)3)27-9-7-26(8-10-27)17-11-14(20)5-6-16(17)21/h5-6,11,13H,4,7-10,12H2,1-3H3,(H,22,23). The van der Waals surface area contributed by atoms with Crippen molar-refractivity contribution in [1.82, 2.24) is 15.2 Å². The van der Waals surface area contributed by atoms with E-state index in [0.717, 1.165) is 29.4 Å². The molecule has 3 rings (SSSR count). The van der Waals surface area contributed by atoms with Crippen LogP contribution >= 0.6 is 11.3 Å². The number of aromatic nitrogens is 1. The minimum absolute atomic E-state index is 0.320. The van der Waals surface area contributed by atoms with Gasteiger partial charge in [0.15, 0.2) is 11.1 Å². The minimum Gasteiger partial charge on any atom is -0.366 e. The maximum absolute atomic E-state index is 14.0. The Morgan fingerprint density at radius 3 is 2.64 bits per heavy atom. The van der Waals surface area contributed by atoms with Gasteiger partial charge in [0, 0.05) is 58.3 Å². The van der Waals surface area contributed by atoms with Crippen molar-refractivity contribution in [2.75, 3.05) is 56.6 Å². The molecule has 0 amide bonds. The molecule has 1 aromatic heterocycles. The number of thiazole rings is 1. The number of rotatable bonds is 5. The van der Waals surface area contributed by atoms with Crippen LogP contribution in [0, 0.1) is 11.6 Å². The summed E-state index contributed by atoms with van der Waals surface area (Å²) in [5, 5.41) is 6.30. The number of halogens is 2. The van der Waals surface area contributed by atoms with Gasteiger partial charge in [-0.25, -0.2) is 18.8 Å². The SMILES string of the molecule is CCNC(=NCc1csc(N(C)C)n1)N1CCN(c2cc(F)ccc2F)CC1. The molecule has 2 heterocycles. The quantitative estimate of drug-likeness (QED) is 0.609. The Balaban J connectivity index is 1.64. The molecule has 6 nitrogen and oxygen atoms in total. The molecular weight excluding hydrogens is 382 g/mol. The molecule has 9 heteroatoms. The number of piperazine rings is 1. The summed E-state index contributed by atoms with van der Waals surface area (Å²) in [6.07, 6.45) is 0. The van der Waals surface area contributed by atoms with Gasteiger partial charge in [-0.3, -0.25) is 0 Å². The van der Waals surface area contributed by atoms with Crippen LogP contribution in [-0.4, -0.2) is 62.7 Å². The zero-order valence-corrected chi connectivity index (χ0v) is 17.3. The van der Waals surface area contributed by atoms with Gasteiger partial charge in [-0.15, -0.1) is 11.3 Å². The summed E-state index contributed by atoms with van der Waals surface area (Å²) in [6.45, 7) is 5.87. The van der Waals surface area contributed by atoms with Crippen LogP contribution in [0.1, 0.15) is 12.6 Å². The lowest BCUT2D eigenvalue weighted by Crippen LogP contribution is -2.52. The van der Waals surface area contributed by atoms with Crippen molar-refractivity contribution in [3.8, 4) is 0 Å². The van der Waals surface area contributed by atoms with Crippen molar-refractivity contribution in [1.29, 1.82) is 0 Å². The fraction of sp³-hybridized carbons (Fsp3) is 0.474. The van der Waals surface area contributed by atoms with Crippen LogP contribution in [0.15, 0.2) is 28.6 Å². The number of nitrogens with zero attached hydrogens (tertiary/aromatic N) is 5. The molecule has 0 radical (unpaired) electrons. The van der Waals surface area contributed by atoms with Gasteiger partial charge < -0.3 is 20.0 Å². The minimum atomic E-state index is -0.422. The molecule has 1 fully saturated rings. The van der Waals surface area contributed by atoms with E-state index < -0.39 is 11.6 Å². The van der Waals surface area contributed by atoms with Gasteiger partial charge in [0.05, 0.1) is 17.9 Å². The van der Waals surface area contributed by atoms with Crippen molar-refractivity contribution in [2.45, 2.75) is 13.5 Å². The number of benzene rings is 1. The van der Waals surface area contributed by atoms with E-state index in [4.69, 9.17) is 4.99 Å². The zero-order chi connectivity index (χ0) is 20.1. The Bertz CT molecular complexity index is 815. The first-order chi connectivity index (χ1) is 13.5. The van der Waals surface area contributed by atoms with Gasteiger partial charge in [0.1, 0.15) is 11.6 Å². The molecule has 0 unspecified atom stereocenters. The Labute approximate surface area is 168 Å². The summed E-state index contributed by atoms with van der Waals surface area (Å²) in [4.78, 5) is 15.3. The molecule has 152 valence electrons. The molecule has 1 aliphatic rings. The van der Waals surface area contributed by atoms with E-state index in [-0.39, 0.29) is 0 Å². The number of hydrogen-bond acceptors (Lipinski definition) is 5. The number of guanidine groups is 1. The summed E-state index contributed by atoms with van der Waals surface area (Å²) >= 11 is 1.60. The van der Waals surface area contributed by atoms with Gasteiger partial charge in [0.2, 0.25) is 0 Å². The summed E-state index contributed by atoms with van der Waals surface area (Å²) in [5.74, 6) is 0.00556. The molecule has 1 N–H and O–H groups in total. The van der Waals surface area contributed by atoms with Crippen LogP contribution in [0.2, 0.25) is 0 Å². The average molecular weight is 409 g/mol. The van der Waals surface area contributed by atoms with Crippen LogP contribution in [0.3, 0.4) is 0 Å². The average Bonchev–Trinajstić information content (AvgIpc) is 3.17. The third-order valence-corrected chi connectivity index (χ3v) is 5.53. The fourth-order valence-electron chi connectivity index (χ4n) is 3.04. The first-order valence-electron chi connectivity index (χ1n) is 9.33. The van der Waals surface area contributed by atoms with Crippen LogP contribution < -0.4 is 15.1 Å². The van der Waals surface area contributed by atoms with Gasteiger partial charge in [-0.05, 0) is 19.1 Å². The van der Waals surface area contributed by atoms with Crippen molar-refractivity contribution in [3.63, 3.8) is 0 Å². The highest BCUT2D eigenvalue weighted by Gasteiger charge is 2.22. The highest BCUT2D eigenvalue weighted by Crippen LogP contribution is 2.22. The molecule has 0 spiro atoms. The molecule has 0 saturated carbocycles. The molecule has 0 aliphatic carbocycles. The maximum atomic E-state index is 14.0. The molecule has 1 saturated heterocycles. The summed E-state index contributed by atoms with van der Waals surface area (Å²) < 4.78 is 27.5. The number of aliphatic imine (C=N–C) groups is 1. The predicted octanol–water partition coefficient (Wildman–Crippen LogP) is 2.78. The Hall–Kier alpha value is -2.42. The van der Waals surface area contributed by atoms with Crippen molar-refractivity contribution < 1.29 is 8.78 Å². The number of nitrogens with one attached hydrogen (secondary N) is 1. The van der Waals surface area contributed by atoms with E-state index in [1.807, 2.05) is 36.2 Å². The van der Waals surface area contributed by atoms with Crippen LogP contribution in [-0.2, 0) is 6.54 Å². The largest absolute Gasteiger partial charge is 0.366 e. The molecule has 0 bridgehead atoms. The normalized spacial score (nSPS) is 15.1. The third-order valence-electron chi connectivity index (χ3n) is 4.48. The highest BCUT2D eigenvalue weighted by atomic mass is 32.1. The first kappa shape index (κ1) is 20.3. The van der Waals surface area contributed by atoms with Gasteiger partial charge in [0.25, 0.3) is 0 Å². The lowest BCUT2D eigenvalue weighted by atomic mass is 10.2. The summed E-state index contributed by atoms with van der Waals surface area (Å²) in [5.41, 5.74) is 1.25. The lowest BCUT2D eigenvalue weighted by Gasteiger charge is -2.37. The van der Waals surface area contributed by atoms with Crippen LogP contribution in [0.4, 0.5) is 19.6 Å². The molecule has 0 atom stereocenters. The fourth-order valence-corrected chi connectivity index (χ4v) is 3.79. The number of hydrogen-bond donors (Lipinski definition) is 1. The van der Waals surface area contributed by atoms with E-state index in [9.17, 15) is 8.78 Å². The second-order valence-corrected chi connectivity index (χ2v) is 7.59. The zero-order valence-electron chi connectivity index (χ0n) is 16.5. The van der Waals surface area contributed by atoms with Crippen molar-refractivity contribution >= 4 is 28.1 Å². The summed E-state index contributed by atoms with van der Waals surface area (Å²) in [6, 6.07) is 3.58. The summed E-state index contributed by atoms with van der Waals surface area (Å²) in [7, 11) is 3.94. The van der Waals surface area contributed by atoms with Crippen LogP contribution in [0.5, 0.6) is 0 Å². The highest BCUT2D eigenvalue weighted by molar-refractivity contribution is 7.13. The monoisotopic (exact) mass is 408 g/mol. The third kappa shape index (κ3) is 4.89. The van der Waals surface area contributed by atoms with Crippen molar-refractivity contribution in [2.24, 2.45) is 4.99 Å². The Morgan fingerprint density at radius 1 is 1.25 bits per heavy atom. The molecule has 1 aliphatic heterocycles. The Morgan fingerprint density at radius 2 is 2.00 bits per heavy atom. The molecule has 28 heavy (non-hydrogen) atoms. The Kier molecular flexibility index (Phi) is 6.66. The van der Waals surface area contributed by atoms with E-state index in [1.54, 1.807) is 11.3 Å².